The Hall–Kier alpha value is -0.0213. The molecule has 0 bridgehead atoms. The van der Waals surface area contributed by atoms with Gasteiger partial charge < -0.3 is 0 Å². The van der Waals surface area contributed by atoms with E-state index in [2.05, 4.69) is 0 Å². The molecule has 0 amide bonds. The Morgan fingerprint density at radius 2 is 1.24 bits per heavy atom. The van der Waals surface area contributed by atoms with E-state index in [0.29, 0.717) is 10.1 Å². The summed E-state index contributed by atoms with van der Waals surface area (Å²) in [5, 5.41) is 24.5. The van der Waals surface area contributed by atoms with Crippen LogP contribution < -0.4 is 9.46 Å². The van der Waals surface area contributed by atoms with Gasteiger partial charge >= 0.3 is 141 Å². The van der Waals surface area contributed by atoms with E-state index in [9.17, 15) is 10.4 Å². The second-order valence-corrected chi connectivity index (χ2v) is 36.7. The van der Waals surface area contributed by atoms with Crippen molar-refractivity contribution in [3.8, 4) is 0 Å². The van der Waals surface area contributed by atoms with Crippen molar-refractivity contribution in [3.05, 3.63) is 58.2 Å². The summed E-state index contributed by atoms with van der Waals surface area (Å²) < 4.78 is 1.52. The summed E-state index contributed by atoms with van der Waals surface area (Å²) in [6, 6.07) is 7.06. The van der Waals surface area contributed by atoms with Crippen LogP contribution in [0.25, 0.3) is 0 Å². The van der Waals surface area contributed by atoms with Crippen LogP contribution in [0.5, 0.6) is 0 Å². The van der Waals surface area contributed by atoms with Crippen LogP contribution in [0, 0.1) is 24.3 Å². The number of hydrogen-bond acceptors (Lipinski definition) is 4. The summed E-state index contributed by atoms with van der Waals surface area (Å²) in [6.45, 7) is 3.67. The van der Waals surface area contributed by atoms with Crippen LogP contribution in [0.3, 0.4) is 0 Å². The van der Waals surface area contributed by atoms with Crippen molar-refractivity contribution in [1.29, 1.82) is 0 Å². The van der Waals surface area contributed by atoms with E-state index in [1.54, 1.807) is 12.1 Å². The molecule has 2 aromatic heterocycles. The Balaban J connectivity index is 2.18. The second-order valence-electron chi connectivity index (χ2n) is 4.41. The third kappa shape index (κ3) is 4.99. The van der Waals surface area contributed by atoms with Crippen molar-refractivity contribution in [3.63, 3.8) is 0 Å². The van der Waals surface area contributed by atoms with Gasteiger partial charge in [0, 0.05) is 0 Å². The van der Waals surface area contributed by atoms with Crippen LogP contribution in [-0.4, -0.2) is 13.4 Å². The Labute approximate surface area is 139 Å². The van der Waals surface area contributed by atoms with E-state index in [4.69, 9.17) is 17.8 Å². The molecule has 2 heterocycles. The van der Waals surface area contributed by atoms with Gasteiger partial charge in [-0.1, -0.05) is 0 Å². The molecule has 0 aliphatic heterocycles. The normalized spacial score (nSPS) is 11.6. The van der Waals surface area contributed by atoms with E-state index in [1.165, 1.54) is 30.3 Å². The molecule has 21 heavy (non-hydrogen) atoms. The Bertz CT molecular complexity index is 618. The average molecular weight is 470 g/mol. The van der Waals surface area contributed by atoms with E-state index in [0.717, 1.165) is 20.6 Å². The predicted octanol–water partition coefficient (Wildman–Crippen LogP) is 3.37. The van der Waals surface area contributed by atoms with Gasteiger partial charge in [0.1, 0.15) is 0 Å². The van der Waals surface area contributed by atoms with Crippen LogP contribution in [-0.2, 0) is 0 Å². The quantitative estimate of drug-likeness (QED) is 0.391. The molecular weight excluding hydrogens is 458 g/mol. The molecule has 0 atom stereocenters. The third-order valence-electron chi connectivity index (χ3n) is 2.50. The van der Waals surface area contributed by atoms with Gasteiger partial charge in [-0.15, -0.1) is 0 Å². The van der Waals surface area contributed by atoms with E-state index in [1.807, 2.05) is 26.0 Å². The van der Waals surface area contributed by atoms with Crippen molar-refractivity contribution in [2.24, 2.45) is 0 Å². The summed E-state index contributed by atoms with van der Waals surface area (Å²) in [4.78, 5) is 0. The van der Waals surface area contributed by atoms with Gasteiger partial charge in [-0.2, -0.15) is 0 Å². The number of rotatable bonds is 4. The van der Waals surface area contributed by atoms with Crippen molar-refractivity contribution in [2.45, 2.75) is 23.9 Å². The molecule has 0 N–H and O–H groups in total. The van der Waals surface area contributed by atoms with Gasteiger partial charge in [0.15, 0.2) is 0 Å². The molecule has 0 aliphatic rings. The number of aromatic nitrogens is 2. The molecule has 0 aromatic carbocycles. The zero-order chi connectivity index (χ0) is 15.6. The minimum atomic E-state index is -3.75. The summed E-state index contributed by atoms with van der Waals surface area (Å²) >= 11 is -3.75. The first-order chi connectivity index (χ1) is 9.77. The summed E-state index contributed by atoms with van der Waals surface area (Å²) in [5.41, 5.74) is 1.73. The zero-order valence-electron chi connectivity index (χ0n) is 11.2. The Kier molecular flexibility index (Phi) is 5.81. The molecule has 0 spiro atoms. The average Bonchev–Trinajstić information content (AvgIpc) is 2.36. The van der Waals surface area contributed by atoms with Crippen LogP contribution >= 0.6 is 35.7 Å². The van der Waals surface area contributed by atoms with Crippen LogP contribution in [0.2, 0.25) is 0 Å². The van der Waals surface area contributed by atoms with E-state index >= 15 is 0 Å². The van der Waals surface area contributed by atoms with Gasteiger partial charge in [-0.3, -0.25) is 0 Å². The fourth-order valence-corrected chi connectivity index (χ4v) is 20.5. The number of pyridine rings is 2. The fourth-order valence-electron chi connectivity index (χ4n) is 1.56. The molecular formula is C12H12Cl2N2O2S2Sn. The number of aryl methyl sites for hydroxylation is 2. The van der Waals surface area contributed by atoms with Gasteiger partial charge in [-0.25, -0.2) is 0 Å². The summed E-state index contributed by atoms with van der Waals surface area (Å²) in [6.07, 6.45) is 2.95. The maximum absolute atomic E-state index is 11.8. The van der Waals surface area contributed by atoms with Gasteiger partial charge in [0.05, 0.1) is 0 Å². The number of hydrogen-bond donors (Lipinski definition) is 0. The van der Waals surface area contributed by atoms with Crippen molar-refractivity contribution >= 4 is 49.1 Å². The van der Waals surface area contributed by atoms with E-state index < -0.39 is 13.4 Å². The first kappa shape index (κ1) is 17.3. The second kappa shape index (κ2) is 7.04. The Morgan fingerprint density at radius 1 is 0.857 bits per heavy atom. The molecule has 0 fully saturated rings. The van der Waals surface area contributed by atoms with Crippen LogP contribution in [0.15, 0.2) is 46.7 Å². The van der Waals surface area contributed by atoms with Crippen molar-refractivity contribution < 1.29 is 9.46 Å². The Morgan fingerprint density at radius 3 is 1.57 bits per heavy atom. The zero-order valence-corrected chi connectivity index (χ0v) is 17.2. The molecule has 0 unspecified atom stereocenters. The number of halogens is 2. The molecule has 0 saturated carbocycles. The van der Waals surface area contributed by atoms with Gasteiger partial charge in [-0.05, 0) is 0 Å². The first-order valence-corrected chi connectivity index (χ1v) is 21.8. The monoisotopic (exact) mass is 470 g/mol. The summed E-state index contributed by atoms with van der Waals surface area (Å²) in [7, 11) is 15.2. The van der Waals surface area contributed by atoms with E-state index in [-0.39, 0.29) is 0 Å². The molecule has 112 valence electrons. The van der Waals surface area contributed by atoms with Gasteiger partial charge in [0.2, 0.25) is 0 Å². The molecule has 0 aliphatic carbocycles. The molecule has 2 rings (SSSR count). The van der Waals surface area contributed by atoms with Gasteiger partial charge in [0.25, 0.3) is 0 Å². The molecule has 9 heteroatoms. The minimum absolute atomic E-state index is 0.457. The van der Waals surface area contributed by atoms with Crippen LogP contribution in [0.4, 0.5) is 0 Å². The third-order valence-corrected chi connectivity index (χ3v) is 21.2. The SMILES string of the molecule is Cc1ccc([S][Sn]([Cl])([Cl])[S]c2ccc(C)c[n+]2[O-])[n+]([O-])c1. The summed E-state index contributed by atoms with van der Waals surface area (Å²) in [5.74, 6) is 0. The molecule has 2 aromatic rings. The van der Waals surface area contributed by atoms with Crippen molar-refractivity contribution in [1.82, 2.24) is 0 Å². The molecule has 4 nitrogen and oxygen atoms in total. The first-order valence-electron chi connectivity index (χ1n) is 5.92. The van der Waals surface area contributed by atoms with Crippen molar-refractivity contribution in [2.75, 3.05) is 0 Å². The standard InChI is InChI=1S/2C6H7NOS.2ClH.Sn/c2*1-5-2-3-6(9)7(8)4-5;;;/h2*2-4,9H,1H3;2*1H;/q;;;;+4/p-4. The predicted molar refractivity (Wildman–Crippen MR) is 89.5 cm³/mol. The maximum atomic E-state index is 11.8. The fraction of sp³-hybridized carbons (Fsp3) is 0.167. The van der Waals surface area contributed by atoms with Crippen LogP contribution in [0.1, 0.15) is 11.1 Å². The number of nitrogens with zero attached hydrogens (tertiary/aromatic N) is 2. The molecule has 0 saturated heterocycles. The topological polar surface area (TPSA) is 53.9 Å². The molecule has 0 radical (unpaired) electrons.